The summed E-state index contributed by atoms with van der Waals surface area (Å²) in [6.07, 6.45) is 38.8. The molecular weight excluding hydrogens is 552 g/mol. The maximum atomic E-state index is 12.1. The van der Waals surface area contributed by atoms with Gasteiger partial charge in [-0.05, 0) is 44.9 Å². The zero-order chi connectivity index (χ0) is 32.4. The van der Waals surface area contributed by atoms with Gasteiger partial charge in [-0.2, -0.15) is 0 Å². The number of esters is 2. The third kappa shape index (κ3) is 31.0. The van der Waals surface area contributed by atoms with Crippen molar-refractivity contribution in [2.45, 2.75) is 154 Å². The van der Waals surface area contributed by atoms with Crippen LogP contribution in [0.1, 0.15) is 142 Å². The van der Waals surface area contributed by atoms with Crippen LogP contribution in [0.5, 0.6) is 0 Å². The van der Waals surface area contributed by atoms with E-state index < -0.39 is 18.2 Å². The average molecular weight is 617 g/mol. The van der Waals surface area contributed by atoms with Crippen LogP contribution in [-0.2, 0) is 19.1 Å². The summed E-state index contributed by atoms with van der Waals surface area (Å²) >= 11 is 0. The first-order valence-corrected chi connectivity index (χ1v) is 17.5. The highest BCUT2D eigenvalue weighted by molar-refractivity contribution is 5.70. The van der Waals surface area contributed by atoms with Crippen LogP contribution in [0.15, 0.2) is 60.8 Å². The van der Waals surface area contributed by atoms with Gasteiger partial charge in [0.1, 0.15) is 6.61 Å². The summed E-state index contributed by atoms with van der Waals surface area (Å²) in [5.74, 6) is -0.703. The van der Waals surface area contributed by atoms with Crippen molar-refractivity contribution in [1.82, 2.24) is 0 Å². The number of ether oxygens (including phenoxy) is 2. The van der Waals surface area contributed by atoms with Gasteiger partial charge in [-0.25, -0.2) is 0 Å². The number of aliphatic hydroxyl groups excluding tert-OH is 2. The van der Waals surface area contributed by atoms with Crippen LogP contribution in [0, 0.1) is 0 Å². The van der Waals surface area contributed by atoms with E-state index >= 15 is 0 Å². The zero-order valence-corrected chi connectivity index (χ0v) is 28.0. The summed E-state index contributed by atoms with van der Waals surface area (Å²) in [5.41, 5.74) is 0. The molecule has 0 aliphatic rings. The van der Waals surface area contributed by atoms with Crippen LogP contribution in [0.25, 0.3) is 0 Å². The van der Waals surface area contributed by atoms with Crippen LogP contribution in [0.4, 0.5) is 0 Å². The second kappa shape index (κ2) is 33.5. The fourth-order valence-corrected chi connectivity index (χ4v) is 4.50. The molecule has 0 spiro atoms. The van der Waals surface area contributed by atoms with E-state index in [4.69, 9.17) is 9.47 Å². The predicted octanol–water partition coefficient (Wildman–Crippen LogP) is 9.42. The first kappa shape index (κ1) is 41.6. The minimum absolute atomic E-state index is 0.107. The molecule has 252 valence electrons. The van der Waals surface area contributed by atoms with Crippen LogP contribution < -0.4 is 0 Å². The van der Waals surface area contributed by atoms with Crippen LogP contribution in [0.2, 0.25) is 0 Å². The molecule has 0 bridgehead atoms. The monoisotopic (exact) mass is 616 g/mol. The Bertz CT molecular complexity index is 810. The molecule has 1 unspecified atom stereocenters. The minimum atomic E-state index is -0.820. The number of rotatable bonds is 30. The maximum Gasteiger partial charge on any atom is 0.306 e. The third-order valence-electron chi connectivity index (χ3n) is 7.16. The van der Waals surface area contributed by atoms with Gasteiger partial charge in [-0.1, -0.05) is 145 Å². The molecule has 0 fully saturated rings. The molecule has 0 aromatic carbocycles. The Morgan fingerprint density at radius 3 is 1.91 bits per heavy atom. The molecule has 0 aromatic rings. The number of allylic oxidation sites excluding steroid dienone is 8. The largest absolute Gasteiger partial charge is 0.462 e. The van der Waals surface area contributed by atoms with Crippen molar-refractivity contribution in [3.05, 3.63) is 60.8 Å². The predicted molar refractivity (Wildman–Crippen MR) is 183 cm³/mol. The number of unbranched alkanes of at least 4 members (excludes halogenated alkanes) is 12. The lowest BCUT2D eigenvalue weighted by atomic mass is 10.0. The smallest absolute Gasteiger partial charge is 0.306 e. The quantitative estimate of drug-likeness (QED) is 0.0361. The first-order chi connectivity index (χ1) is 21.5. The van der Waals surface area contributed by atoms with E-state index in [1.54, 1.807) is 6.08 Å². The van der Waals surface area contributed by atoms with Crippen molar-refractivity contribution in [2.75, 3.05) is 13.2 Å². The Hall–Kier alpha value is -2.44. The average Bonchev–Trinajstić information content (AvgIpc) is 3.02. The SMILES string of the molecule is CC/C=C\C/C=C\CC(O)/C=C/C=C\C/C=C\CCCC(=O)O[C@@H](CO)COC(=O)CCCCCCCCCCCCCC. The highest BCUT2D eigenvalue weighted by Crippen LogP contribution is 2.13. The Kier molecular flexibility index (Phi) is 31.6. The first-order valence-electron chi connectivity index (χ1n) is 17.5. The topological polar surface area (TPSA) is 93.1 Å². The van der Waals surface area contributed by atoms with E-state index in [-0.39, 0.29) is 25.6 Å². The Balaban J connectivity index is 3.79. The van der Waals surface area contributed by atoms with Crippen LogP contribution in [-0.4, -0.2) is 47.6 Å². The van der Waals surface area contributed by atoms with Gasteiger partial charge in [0.05, 0.1) is 12.7 Å². The molecule has 6 heteroatoms. The van der Waals surface area contributed by atoms with Crippen LogP contribution in [0.3, 0.4) is 0 Å². The molecule has 0 aliphatic carbocycles. The molecule has 6 nitrogen and oxygen atoms in total. The standard InChI is InChI=1S/C38H64O6/c1-3-5-7-9-11-12-13-14-15-19-23-27-31-37(41)43-34-36(33-39)44-38(42)32-28-24-20-17-16-18-22-26-30-35(40)29-25-21-10-8-6-4-2/h6,8,17-18,20-22,25-26,30,35-36,39-40H,3-5,7,9-16,19,23-24,27-29,31-34H2,1-2H3/b8-6-,20-17-,22-18-,25-21-,30-26+/t35?,36-/m0/s1. The summed E-state index contributed by atoms with van der Waals surface area (Å²) in [7, 11) is 0. The molecule has 0 amide bonds. The molecule has 0 aliphatic heterocycles. The molecule has 0 aromatic heterocycles. The van der Waals surface area contributed by atoms with Gasteiger partial charge in [-0.3, -0.25) is 9.59 Å². The third-order valence-corrected chi connectivity index (χ3v) is 7.16. The van der Waals surface area contributed by atoms with Gasteiger partial charge >= 0.3 is 11.9 Å². The molecule has 0 rings (SSSR count). The molecule has 2 N–H and O–H groups in total. The summed E-state index contributed by atoms with van der Waals surface area (Å²) in [4.78, 5) is 24.1. The van der Waals surface area contributed by atoms with Crippen LogP contribution >= 0.6 is 0 Å². The normalized spacial score (nSPS) is 13.6. The Morgan fingerprint density at radius 2 is 1.25 bits per heavy atom. The summed E-state index contributed by atoms with van der Waals surface area (Å²) in [6, 6.07) is 0. The van der Waals surface area contributed by atoms with Crippen molar-refractivity contribution < 1.29 is 29.3 Å². The Morgan fingerprint density at radius 1 is 0.659 bits per heavy atom. The van der Waals surface area contributed by atoms with Crippen molar-refractivity contribution >= 4 is 11.9 Å². The number of hydrogen-bond donors (Lipinski definition) is 2. The summed E-state index contributed by atoms with van der Waals surface area (Å²) in [5, 5.41) is 19.4. The minimum Gasteiger partial charge on any atom is -0.462 e. The summed E-state index contributed by atoms with van der Waals surface area (Å²) < 4.78 is 10.5. The van der Waals surface area contributed by atoms with E-state index in [2.05, 4.69) is 32.1 Å². The number of carbonyl (C=O) groups excluding carboxylic acids is 2. The lowest BCUT2D eigenvalue weighted by Gasteiger charge is -2.15. The lowest BCUT2D eigenvalue weighted by molar-refractivity contribution is -0.161. The van der Waals surface area contributed by atoms with Gasteiger partial charge in [0.2, 0.25) is 0 Å². The second-order valence-electron chi connectivity index (χ2n) is 11.4. The molecular formula is C38H64O6. The zero-order valence-electron chi connectivity index (χ0n) is 28.0. The summed E-state index contributed by atoms with van der Waals surface area (Å²) in [6.45, 7) is 3.88. The lowest BCUT2D eigenvalue weighted by Crippen LogP contribution is -2.28. The maximum absolute atomic E-state index is 12.1. The fourth-order valence-electron chi connectivity index (χ4n) is 4.50. The fraction of sp³-hybridized carbons (Fsp3) is 0.684. The number of hydrogen-bond acceptors (Lipinski definition) is 6. The molecule has 2 atom stereocenters. The van der Waals surface area contributed by atoms with E-state index in [1.165, 1.54) is 57.8 Å². The van der Waals surface area contributed by atoms with Gasteiger partial charge < -0.3 is 19.7 Å². The van der Waals surface area contributed by atoms with Crippen molar-refractivity contribution in [2.24, 2.45) is 0 Å². The number of carbonyl (C=O) groups is 2. The van der Waals surface area contributed by atoms with Crippen molar-refractivity contribution in [3.63, 3.8) is 0 Å². The molecule has 0 radical (unpaired) electrons. The van der Waals surface area contributed by atoms with Gasteiger partial charge in [0.25, 0.3) is 0 Å². The van der Waals surface area contributed by atoms with Gasteiger partial charge in [0, 0.05) is 12.8 Å². The Labute approximate surface area is 269 Å². The number of aliphatic hydroxyl groups is 2. The molecule has 0 saturated carbocycles. The highest BCUT2D eigenvalue weighted by atomic mass is 16.6. The second-order valence-corrected chi connectivity index (χ2v) is 11.4. The van der Waals surface area contributed by atoms with Gasteiger partial charge in [-0.15, -0.1) is 0 Å². The highest BCUT2D eigenvalue weighted by Gasteiger charge is 2.15. The van der Waals surface area contributed by atoms with Crippen molar-refractivity contribution in [3.8, 4) is 0 Å². The van der Waals surface area contributed by atoms with Gasteiger partial charge in [0.15, 0.2) is 6.10 Å². The molecule has 44 heavy (non-hydrogen) atoms. The van der Waals surface area contributed by atoms with E-state index in [0.717, 1.165) is 44.9 Å². The van der Waals surface area contributed by atoms with E-state index in [9.17, 15) is 19.8 Å². The van der Waals surface area contributed by atoms with E-state index in [1.807, 2.05) is 36.5 Å². The molecule has 0 saturated heterocycles. The van der Waals surface area contributed by atoms with Crippen molar-refractivity contribution in [1.29, 1.82) is 0 Å². The molecule has 0 heterocycles. The van der Waals surface area contributed by atoms with E-state index in [0.29, 0.717) is 19.3 Å².